The van der Waals surface area contributed by atoms with Gasteiger partial charge in [0.05, 0.1) is 0 Å². The number of phenols is 1. The van der Waals surface area contributed by atoms with E-state index in [4.69, 9.17) is 16.6 Å². The molecule has 0 fully saturated rings. The van der Waals surface area contributed by atoms with E-state index in [0.29, 0.717) is 10.3 Å². The van der Waals surface area contributed by atoms with Crippen LogP contribution in [0.3, 0.4) is 0 Å². The van der Waals surface area contributed by atoms with Crippen molar-refractivity contribution in [1.29, 1.82) is 0 Å². The molecule has 0 aliphatic carbocycles. The van der Waals surface area contributed by atoms with Crippen molar-refractivity contribution in [3.63, 3.8) is 0 Å². The molecule has 3 heteroatoms. The molecule has 0 atom stereocenters. The van der Waals surface area contributed by atoms with E-state index in [0.717, 1.165) is 30.2 Å². The van der Waals surface area contributed by atoms with Crippen molar-refractivity contribution in [2.75, 3.05) is 0 Å². The Labute approximate surface area is 106 Å². The Morgan fingerprint density at radius 3 is 2.59 bits per heavy atom. The van der Waals surface area contributed by atoms with Crippen molar-refractivity contribution in [1.82, 2.24) is 0 Å². The molecule has 90 valence electrons. The molecule has 2 aromatic rings. The Bertz CT molecular complexity index is 599. The molecule has 0 amide bonds. The lowest BCUT2D eigenvalue weighted by Crippen LogP contribution is -1.92. The highest BCUT2D eigenvalue weighted by molar-refractivity contribution is 7.71. The maximum absolute atomic E-state index is 9.66. The van der Waals surface area contributed by atoms with E-state index in [-0.39, 0.29) is 5.75 Å². The smallest absolute Gasteiger partial charge is 0.191 e. The average molecular weight is 248 g/mol. The van der Waals surface area contributed by atoms with Gasteiger partial charge in [0, 0.05) is 11.5 Å². The Morgan fingerprint density at radius 1 is 1.18 bits per heavy atom. The predicted octanol–water partition coefficient (Wildman–Crippen LogP) is 4.38. The number of benzene rings is 1. The Morgan fingerprint density at radius 2 is 1.94 bits per heavy atom. The van der Waals surface area contributed by atoms with Crippen molar-refractivity contribution in [3.05, 3.63) is 34.0 Å². The van der Waals surface area contributed by atoms with E-state index in [1.54, 1.807) is 12.1 Å². The van der Waals surface area contributed by atoms with Gasteiger partial charge in [-0.3, -0.25) is 0 Å². The topological polar surface area (TPSA) is 33.4 Å². The van der Waals surface area contributed by atoms with E-state index in [1.165, 1.54) is 5.56 Å². The van der Waals surface area contributed by atoms with E-state index in [9.17, 15) is 5.11 Å². The molecule has 0 unspecified atom stereocenters. The standard InChI is InChI=1S/C14H16O2S/c1-3-5-10-7-13(17)16-12-8-11(15)6-9(4-2)14(10)12/h6-8,15H,3-5H2,1-2H3. The zero-order valence-corrected chi connectivity index (χ0v) is 10.9. The maximum Gasteiger partial charge on any atom is 0.191 e. The Kier molecular flexibility index (Phi) is 3.48. The monoisotopic (exact) mass is 248 g/mol. The van der Waals surface area contributed by atoms with Crippen LogP contribution in [-0.4, -0.2) is 5.11 Å². The van der Waals surface area contributed by atoms with Crippen molar-refractivity contribution in [2.45, 2.75) is 33.1 Å². The van der Waals surface area contributed by atoms with Crippen LogP contribution < -0.4 is 0 Å². The van der Waals surface area contributed by atoms with Crippen LogP contribution in [0.5, 0.6) is 5.75 Å². The number of fused-ring (bicyclic) bond motifs is 1. The zero-order chi connectivity index (χ0) is 12.4. The first-order valence-corrected chi connectivity index (χ1v) is 6.35. The molecule has 2 nitrogen and oxygen atoms in total. The molecular weight excluding hydrogens is 232 g/mol. The van der Waals surface area contributed by atoms with Crippen LogP contribution in [0, 0.1) is 4.71 Å². The molecule has 0 radical (unpaired) electrons. The van der Waals surface area contributed by atoms with Crippen LogP contribution in [0.4, 0.5) is 0 Å². The number of aryl methyl sites for hydroxylation is 2. The molecular formula is C14H16O2S. The van der Waals surface area contributed by atoms with Gasteiger partial charge in [0.2, 0.25) is 0 Å². The summed E-state index contributed by atoms with van der Waals surface area (Å²) in [6.45, 7) is 4.22. The maximum atomic E-state index is 9.66. The fourth-order valence-electron chi connectivity index (χ4n) is 2.20. The van der Waals surface area contributed by atoms with Gasteiger partial charge in [0.1, 0.15) is 11.3 Å². The van der Waals surface area contributed by atoms with Gasteiger partial charge in [-0.2, -0.15) is 0 Å². The molecule has 0 saturated heterocycles. The van der Waals surface area contributed by atoms with Crippen LogP contribution in [0.1, 0.15) is 31.4 Å². The lowest BCUT2D eigenvalue weighted by Gasteiger charge is -2.09. The molecule has 0 spiro atoms. The summed E-state index contributed by atoms with van der Waals surface area (Å²) in [5.74, 6) is 0.237. The summed E-state index contributed by atoms with van der Waals surface area (Å²) in [7, 11) is 0. The third-order valence-electron chi connectivity index (χ3n) is 2.89. The second-order valence-corrected chi connectivity index (χ2v) is 4.57. The molecule has 0 saturated carbocycles. The molecule has 1 N–H and O–H groups in total. The van der Waals surface area contributed by atoms with Crippen LogP contribution in [0.2, 0.25) is 0 Å². The fourth-order valence-corrected chi connectivity index (χ4v) is 2.43. The first kappa shape index (κ1) is 12.1. The summed E-state index contributed by atoms with van der Waals surface area (Å²) in [6, 6.07) is 5.38. The number of rotatable bonds is 3. The van der Waals surface area contributed by atoms with Crippen molar-refractivity contribution in [3.8, 4) is 5.75 Å². The number of phenolic OH excluding ortho intramolecular Hbond substituents is 1. The minimum absolute atomic E-state index is 0.237. The zero-order valence-electron chi connectivity index (χ0n) is 10.1. The summed E-state index contributed by atoms with van der Waals surface area (Å²) in [5.41, 5.74) is 3.02. The summed E-state index contributed by atoms with van der Waals surface area (Å²) in [6.07, 6.45) is 2.92. The van der Waals surface area contributed by atoms with Crippen LogP contribution in [0.25, 0.3) is 11.0 Å². The normalized spacial score (nSPS) is 10.9. The number of hydrogen-bond donors (Lipinski definition) is 1. The number of aromatic hydroxyl groups is 1. The molecule has 1 heterocycles. The third-order valence-corrected chi connectivity index (χ3v) is 3.09. The van der Waals surface area contributed by atoms with Gasteiger partial charge in [-0.25, -0.2) is 0 Å². The van der Waals surface area contributed by atoms with Gasteiger partial charge in [0.15, 0.2) is 4.71 Å². The second kappa shape index (κ2) is 4.88. The number of hydrogen-bond acceptors (Lipinski definition) is 3. The molecule has 0 aliphatic heterocycles. The van der Waals surface area contributed by atoms with Gasteiger partial charge in [0.25, 0.3) is 0 Å². The molecule has 0 bridgehead atoms. The van der Waals surface area contributed by atoms with Crippen molar-refractivity contribution >= 4 is 23.2 Å². The van der Waals surface area contributed by atoms with Gasteiger partial charge < -0.3 is 9.52 Å². The van der Waals surface area contributed by atoms with E-state index in [1.807, 2.05) is 6.07 Å². The van der Waals surface area contributed by atoms with E-state index < -0.39 is 0 Å². The molecule has 1 aromatic carbocycles. The quantitative estimate of drug-likeness (QED) is 0.818. The lowest BCUT2D eigenvalue weighted by molar-refractivity contribution is 0.473. The second-order valence-electron chi connectivity index (χ2n) is 4.17. The highest BCUT2D eigenvalue weighted by Gasteiger charge is 2.09. The molecule has 0 aliphatic rings. The third kappa shape index (κ3) is 2.34. The van der Waals surface area contributed by atoms with Crippen LogP contribution in [-0.2, 0) is 12.8 Å². The summed E-state index contributed by atoms with van der Waals surface area (Å²) in [4.78, 5) is 0. The minimum Gasteiger partial charge on any atom is -0.508 e. The van der Waals surface area contributed by atoms with Crippen LogP contribution >= 0.6 is 12.2 Å². The van der Waals surface area contributed by atoms with E-state index in [2.05, 4.69) is 13.8 Å². The van der Waals surface area contributed by atoms with E-state index >= 15 is 0 Å². The van der Waals surface area contributed by atoms with Crippen molar-refractivity contribution < 1.29 is 9.52 Å². The van der Waals surface area contributed by atoms with Gasteiger partial charge in [-0.1, -0.05) is 20.3 Å². The minimum atomic E-state index is 0.237. The van der Waals surface area contributed by atoms with Crippen LogP contribution in [0.15, 0.2) is 22.6 Å². The predicted molar refractivity (Wildman–Crippen MR) is 72.1 cm³/mol. The van der Waals surface area contributed by atoms with Crippen molar-refractivity contribution in [2.24, 2.45) is 0 Å². The molecule has 2 rings (SSSR count). The fraction of sp³-hybridized carbons (Fsp3) is 0.357. The summed E-state index contributed by atoms with van der Waals surface area (Å²) >= 11 is 5.12. The summed E-state index contributed by atoms with van der Waals surface area (Å²) in [5, 5.41) is 10.8. The van der Waals surface area contributed by atoms with Gasteiger partial charge in [-0.05, 0) is 48.3 Å². The van der Waals surface area contributed by atoms with Gasteiger partial charge in [-0.15, -0.1) is 0 Å². The first-order chi connectivity index (χ1) is 8.15. The molecule has 17 heavy (non-hydrogen) atoms. The molecule has 1 aromatic heterocycles. The highest BCUT2D eigenvalue weighted by atomic mass is 32.1. The first-order valence-electron chi connectivity index (χ1n) is 5.94. The SMILES string of the molecule is CCCc1cc(=S)oc2cc(O)cc(CC)c12. The Hall–Kier alpha value is -1.35. The van der Waals surface area contributed by atoms with Gasteiger partial charge >= 0.3 is 0 Å². The summed E-state index contributed by atoms with van der Waals surface area (Å²) < 4.78 is 6.01. The largest absolute Gasteiger partial charge is 0.508 e. The lowest BCUT2D eigenvalue weighted by atomic mass is 9.99. The Balaban J connectivity index is 2.84. The highest BCUT2D eigenvalue weighted by Crippen LogP contribution is 2.29. The average Bonchev–Trinajstić information content (AvgIpc) is 2.27.